The van der Waals surface area contributed by atoms with Gasteiger partial charge in [0, 0.05) is 23.4 Å². The summed E-state index contributed by atoms with van der Waals surface area (Å²) < 4.78 is 10.3. The summed E-state index contributed by atoms with van der Waals surface area (Å²) in [5.74, 6) is 7.15. The van der Waals surface area contributed by atoms with Gasteiger partial charge in [-0.25, -0.2) is 4.98 Å². The molecule has 1 aromatic heterocycles. The normalized spacial score (nSPS) is 9.30. The van der Waals surface area contributed by atoms with Crippen LogP contribution in [0.4, 0.5) is 0 Å². The van der Waals surface area contributed by atoms with E-state index in [9.17, 15) is 4.79 Å². The standard InChI is InChI=1S/C16H13NO3/c1-19-14-8-12(9-15(10-14)20-2)5-6-16-13(11-18)4-3-7-17-16/h3-4,7-11H,1-2H3. The third kappa shape index (κ3) is 3.15. The van der Waals surface area contributed by atoms with Crippen molar-refractivity contribution in [2.24, 2.45) is 0 Å². The highest BCUT2D eigenvalue weighted by atomic mass is 16.5. The molecule has 0 spiro atoms. The Hall–Kier alpha value is -2.80. The van der Waals surface area contributed by atoms with E-state index >= 15 is 0 Å². The summed E-state index contributed by atoms with van der Waals surface area (Å²) >= 11 is 0. The number of carbonyl (C=O) groups excluding carboxylic acids is 1. The lowest BCUT2D eigenvalue weighted by atomic mass is 10.1. The molecule has 0 radical (unpaired) electrons. The average Bonchev–Trinajstić information content (AvgIpc) is 2.52. The zero-order valence-electron chi connectivity index (χ0n) is 11.2. The van der Waals surface area contributed by atoms with Crippen LogP contribution in [0, 0.1) is 11.8 Å². The zero-order valence-corrected chi connectivity index (χ0v) is 11.2. The Morgan fingerprint density at radius 3 is 2.40 bits per heavy atom. The van der Waals surface area contributed by atoms with Crippen LogP contribution in [0.5, 0.6) is 11.5 Å². The molecule has 0 atom stereocenters. The number of methoxy groups -OCH3 is 2. The van der Waals surface area contributed by atoms with Gasteiger partial charge in [0.15, 0.2) is 6.29 Å². The SMILES string of the molecule is COc1cc(C#Cc2ncccc2C=O)cc(OC)c1. The van der Waals surface area contributed by atoms with Gasteiger partial charge in [0.25, 0.3) is 0 Å². The Morgan fingerprint density at radius 1 is 1.10 bits per heavy atom. The summed E-state index contributed by atoms with van der Waals surface area (Å²) in [6, 6.07) is 8.72. The van der Waals surface area contributed by atoms with Crippen LogP contribution >= 0.6 is 0 Å². The molecule has 0 saturated carbocycles. The van der Waals surface area contributed by atoms with Crippen LogP contribution in [0.3, 0.4) is 0 Å². The van der Waals surface area contributed by atoms with Crippen LogP contribution in [-0.4, -0.2) is 25.5 Å². The van der Waals surface area contributed by atoms with Gasteiger partial charge in [0.05, 0.1) is 14.2 Å². The predicted octanol–water partition coefficient (Wildman–Crippen LogP) is 2.31. The van der Waals surface area contributed by atoms with Gasteiger partial charge in [0.2, 0.25) is 0 Å². The van der Waals surface area contributed by atoms with Crippen molar-refractivity contribution < 1.29 is 14.3 Å². The molecule has 0 amide bonds. The maximum Gasteiger partial charge on any atom is 0.152 e. The molecule has 0 aliphatic heterocycles. The van der Waals surface area contributed by atoms with E-state index in [0.717, 1.165) is 11.8 Å². The van der Waals surface area contributed by atoms with Gasteiger partial charge >= 0.3 is 0 Å². The number of nitrogens with zero attached hydrogens (tertiary/aromatic N) is 1. The first-order chi connectivity index (χ1) is 9.76. The molecule has 1 aromatic carbocycles. The first-order valence-corrected chi connectivity index (χ1v) is 5.92. The number of benzene rings is 1. The smallest absolute Gasteiger partial charge is 0.152 e. The van der Waals surface area contributed by atoms with Gasteiger partial charge in [-0.05, 0) is 30.2 Å². The molecule has 0 aliphatic rings. The Balaban J connectivity index is 2.39. The van der Waals surface area contributed by atoms with E-state index in [0.29, 0.717) is 22.8 Å². The van der Waals surface area contributed by atoms with Crippen molar-refractivity contribution >= 4 is 6.29 Å². The minimum absolute atomic E-state index is 0.448. The minimum atomic E-state index is 0.448. The molecule has 0 saturated heterocycles. The molecule has 0 aliphatic carbocycles. The van der Waals surface area contributed by atoms with Crippen molar-refractivity contribution in [3.63, 3.8) is 0 Å². The van der Waals surface area contributed by atoms with Crippen molar-refractivity contribution in [3.8, 4) is 23.3 Å². The third-order valence-corrected chi connectivity index (χ3v) is 2.64. The van der Waals surface area contributed by atoms with Gasteiger partial charge in [-0.3, -0.25) is 4.79 Å². The molecule has 20 heavy (non-hydrogen) atoms. The number of rotatable bonds is 3. The Kier molecular flexibility index (Phi) is 4.35. The summed E-state index contributed by atoms with van der Waals surface area (Å²) in [6.45, 7) is 0. The summed E-state index contributed by atoms with van der Waals surface area (Å²) in [7, 11) is 3.16. The number of hydrogen-bond acceptors (Lipinski definition) is 4. The molecule has 2 aromatic rings. The van der Waals surface area contributed by atoms with Crippen LogP contribution in [0.25, 0.3) is 0 Å². The highest BCUT2D eigenvalue weighted by Crippen LogP contribution is 2.21. The molecule has 0 fully saturated rings. The molecule has 4 heteroatoms. The number of hydrogen-bond donors (Lipinski definition) is 0. The molecule has 0 unspecified atom stereocenters. The molecule has 0 bridgehead atoms. The van der Waals surface area contributed by atoms with E-state index in [4.69, 9.17) is 9.47 Å². The first kappa shape index (κ1) is 13.6. The minimum Gasteiger partial charge on any atom is -0.497 e. The van der Waals surface area contributed by atoms with E-state index in [1.165, 1.54) is 0 Å². The monoisotopic (exact) mass is 267 g/mol. The number of aldehydes is 1. The largest absolute Gasteiger partial charge is 0.497 e. The number of aromatic nitrogens is 1. The van der Waals surface area contributed by atoms with Gasteiger partial charge in [-0.1, -0.05) is 5.92 Å². The lowest BCUT2D eigenvalue weighted by molar-refractivity contribution is 0.112. The quantitative estimate of drug-likeness (QED) is 0.632. The lowest BCUT2D eigenvalue weighted by Crippen LogP contribution is -1.91. The fourth-order valence-corrected chi connectivity index (χ4v) is 1.63. The van der Waals surface area contributed by atoms with E-state index in [2.05, 4.69) is 16.8 Å². The summed E-state index contributed by atoms with van der Waals surface area (Å²) in [6.07, 6.45) is 2.34. The Bertz CT molecular complexity index is 661. The topological polar surface area (TPSA) is 48.4 Å². The summed E-state index contributed by atoms with van der Waals surface area (Å²) in [5, 5.41) is 0. The summed E-state index contributed by atoms with van der Waals surface area (Å²) in [4.78, 5) is 15.0. The molecule has 4 nitrogen and oxygen atoms in total. The maximum atomic E-state index is 10.9. The van der Waals surface area contributed by atoms with Crippen molar-refractivity contribution in [2.75, 3.05) is 14.2 Å². The average molecular weight is 267 g/mol. The highest BCUT2D eigenvalue weighted by molar-refractivity contribution is 5.78. The van der Waals surface area contributed by atoms with Crippen molar-refractivity contribution in [2.45, 2.75) is 0 Å². The fourth-order valence-electron chi connectivity index (χ4n) is 1.63. The molecule has 0 N–H and O–H groups in total. The van der Waals surface area contributed by atoms with Crippen LogP contribution in [-0.2, 0) is 0 Å². The van der Waals surface area contributed by atoms with Gasteiger partial charge in [0.1, 0.15) is 17.2 Å². The second kappa shape index (κ2) is 6.39. The van der Waals surface area contributed by atoms with Crippen molar-refractivity contribution in [3.05, 3.63) is 53.3 Å². The summed E-state index contributed by atoms with van der Waals surface area (Å²) in [5.41, 5.74) is 1.64. The molecular weight excluding hydrogens is 254 g/mol. The van der Waals surface area contributed by atoms with Gasteiger partial charge < -0.3 is 9.47 Å². The van der Waals surface area contributed by atoms with Gasteiger partial charge in [-0.2, -0.15) is 0 Å². The van der Waals surface area contributed by atoms with Crippen molar-refractivity contribution in [1.82, 2.24) is 4.98 Å². The predicted molar refractivity (Wildman–Crippen MR) is 75.2 cm³/mol. The van der Waals surface area contributed by atoms with E-state index in [1.54, 1.807) is 50.7 Å². The van der Waals surface area contributed by atoms with E-state index in [1.807, 2.05) is 0 Å². The molecule has 1 heterocycles. The Labute approximate surface area is 117 Å². The number of pyridine rings is 1. The molecule has 2 rings (SSSR count). The number of ether oxygens (including phenoxy) is 2. The number of carbonyl (C=O) groups is 1. The van der Waals surface area contributed by atoms with Crippen LogP contribution in [0.2, 0.25) is 0 Å². The van der Waals surface area contributed by atoms with Crippen LogP contribution in [0.1, 0.15) is 21.6 Å². The van der Waals surface area contributed by atoms with E-state index < -0.39 is 0 Å². The maximum absolute atomic E-state index is 10.9. The third-order valence-electron chi connectivity index (χ3n) is 2.64. The second-order valence-corrected chi connectivity index (χ2v) is 3.91. The van der Waals surface area contributed by atoms with E-state index in [-0.39, 0.29) is 0 Å². The van der Waals surface area contributed by atoms with Crippen LogP contribution < -0.4 is 9.47 Å². The zero-order chi connectivity index (χ0) is 14.4. The van der Waals surface area contributed by atoms with Crippen LogP contribution in [0.15, 0.2) is 36.5 Å². The van der Waals surface area contributed by atoms with Crippen molar-refractivity contribution in [1.29, 1.82) is 0 Å². The lowest BCUT2D eigenvalue weighted by Gasteiger charge is -2.04. The molecule has 100 valence electrons. The molecular formula is C16H13NO3. The second-order valence-electron chi connectivity index (χ2n) is 3.91. The van der Waals surface area contributed by atoms with Gasteiger partial charge in [-0.15, -0.1) is 0 Å². The first-order valence-electron chi connectivity index (χ1n) is 5.92. The highest BCUT2D eigenvalue weighted by Gasteiger charge is 2.01. The fraction of sp³-hybridized carbons (Fsp3) is 0.125. The Morgan fingerprint density at radius 2 is 1.80 bits per heavy atom.